The van der Waals surface area contributed by atoms with Crippen molar-refractivity contribution in [2.45, 2.75) is 20.0 Å². The number of aryl methyl sites for hydroxylation is 1. The second-order valence-electron chi connectivity index (χ2n) is 6.12. The maximum atomic E-state index is 4.54. The van der Waals surface area contributed by atoms with Gasteiger partial charge in [0.1, 0.15) is 0 Å². The molecule has 0 bridgehead atoms. The molecule has 0 aliphatic heterocycles. The zero-order valence-electron chi connectivity index (χ0n) is 13.8. The molecule has 1 aromatic heterocycles. The number of benzene rings is 2. The van der Waals surface area contributed by atoms with E-state index in [1.807, 2.05) is 12.1 Å². The van der Waals surface area contributed by atoms with Crippen LogP contribution in [0.15, 0.2) is 48.5 Å². The van der Waals surface area contributed by atoms with Crippen molar-refractivity contribution < 1.29 is 4.80 Å². The molecule has 0 radical (unpaired) electrons. The molecule has 5 heteroatoms. The van der Waals surface area contributed by atoms with E-state index in [0.717, 1.165) is 17.9 Å². The third-order valence-corrected chi connectivity index (χ3v) is 3.62. The van der Waals surface area contributed by atoms with Gasteiger partial charge in [-0.2, -0.15) is 0 Å². The highest BCUT2D eigenvalue weighted by Gasteiger charge is 2.14. The molecule has 0 atom stereocenters. The van der Waals surface area contributed by atoms with E-state index in [4.69, 9.17) is 0 Å². The van der Waals surface area contributed by atoms with E-state index in [2.05, 4.69) is 77.7 Å². The van der Waals surface area contributed by atoms with Crippen molar-refractivity contribution in [2.75, 3.05) is 14.1 Å². The summed E-state index contributed by atoms with van der Waals surface area (Å²) in [5.74, 6) is 0.717. The van der Waals surface area contributed by atoms with Crippen LogP contribution >= 0.6 is 0 Å². The summed E-state index contributed by atoms with van der Waals surface area (Å²) in [7, 11) is 4.15. The predicted octanol–water partition coefficient (Wildman–Crippen LogP) is 2.18. The van der Waals surface area contributed by atoms with Gasteiger partial charge in [-0.3, -0.25) is 0 Å². The molecule has 0 saturated carbocycles. The fraction of sp³-hybridized carbons (Fsp3) is 0.278. The van der Waals surface area contributed by atoms with Crippen LogP contribution in [0.5, 0.6) is 0 Å². The molecule has 0 spiro atoms. The molecule has 0 fully saturated rings. The number of nitrogens with zero attached hydrogens (tertiary/aromatic N) is 4. The summed E-state index contributed by atoms with van der Waals surface area (Å²) in [6.45, 7) is 3.69. The molecule has 0 saturated heterocycles. The van der Waals surface area contributed by atoms with E-state index < -0.39 is 0 Å². The number of aromatic amines is 1. The summed E-state index contributed by atoms with van der Waals surface area (Å²) in [5, 5.41) is 11.8. The number of hydrogen-bond donors (Lipinski definition) is 1. The van der Waals surface area contributed by atoms with Crippen LogP contribution < -0.4 is 4.80 Å². The van der Waals surface area contributed by atoms with Crippen LogP contribution in [-0.4, -0.2) is 34.4 Å². The maximum Gasteiger partial charge on any atom is 0.338 e. The number of nitrogens with one attached hydrogen (secondary N) is 1. The Morgan fingerprint density at radius 3 is 2.52 bits per heavy atom. The van der Waals surface area contributed by atoms with Gasteiger partial charge >= 0.3 is 5.82 Å². The zero-order valence-corrected chi connectivity index (χ0v) is 13.8. The van der Waals surface area contributed by atoms with Crippen LogP contribution in [0, 0.1) is 6.92 Å². The molecule has 1 heterocycles. The molecule has 5 nitrogen and oxygen atoms in total. The van der Waals surface area contributed by atoms with Crippen LogP contribution in [0.3, 0.4) is 0 Å². The Balaban J connectivity index is 1.75. The van der Waals surface area contributed by atoms with Gasteiger partial charge in [-0.05, 0) is 54.6 Å². The number of rotatable bonds is 5. The van der Waals surface area contributed by atoms with Gasteiger partial charge in [0.2, 0.25) is 0 Å². The van der Waals surface area contributed by atoms with Crippen LogP contribution in [0.1, 0.15) is 16.7 Å². The van der Waals surface area contributed by atoms with Crippen molar-refractivity contribution in [1.82, 2.24) is 20.3 Å². The Morgan fingerprint density at radius 1 is 1.04 bits per heavy atom. The van der Waals surface area contributed by atoms with Gasteiger partial charge in [-0.15, -0.1) is 0 Å². The molecule has 23 heavy (non-hydrogen) atoms. The normalized spacial score (nSPS) is 11.1. The third-order valence-electron chi connectivity index (χ3n) is 3.62. The van der Waals surface area contributed by atoms with Crippen molar-refractivity contribution in [2.24, 2.45) is 0 Å². The van der Waals surface area contributed by atoms with Crippen LogP contribution in [-0.2, 0) is 13.1 Å². The monoisotopic (exact) mass is 308 g/mol. The second kappa shape index (κ2) is 6.71. The first kappa shape index (κ1) is 15.4. The third kappa shape index (κ3) is 4.02. The fourth-order valence-electron chi connectivity index (χ4n) is 2.52. The first-order chi connectivity index (χ1) is 11.1. The standard InChI is InChI=1S/C18H21N5/c1-14-7-9-17(10-8-14)18-19-21-23(20-18)13-16-6-4-5-15(11-16)12-22(2)3/h4-11H,12-13H2,1-3H3/p+1. The van der Waals surface area contributed by atoms with Gasteiger partial charge in [-0.25, -0.2) is 0 Å². The minimum atomic E-state index is 0.681. The number of H-pyrrole nitrogens is 1. The van der Waals surface area contributed by atoms with Crippen LogP contribution in [0.2, 0.25) is 0 Å². The molecule has 0 amide bonds. The Kier molecular flexibility index (Phi) is 4.48. The highest BCUT2D eigenvalue weighted by molar-refractivity contribution is 5.53. The average Bonchev–Trinajstić information content (AvgIpc) is 2.96. The van der Waals surface area contributed by atoms with Crippen molar-refractivity contribution in [3.05, 3.63) is 65.2 Å². The molecule has 0 aliphatic rings. The minimum absolute atomic E-state index is 0.681. The van der Waals surface area contributed by atoms with Crippen molar-refractivity contribution in [3.8, 4) is 11.4 Å². The largest absolute Gasteiger partial charge is 0.338 e. The minimum Gasteiger partial charge on any atom is -0.305 e. The molecule has 3 rings (SSSR count). The lowest BCUT2D eigenvalue weighted by atomic mass is 10.1. The molecular weight excluding hydrogens is 286 g/mol. The van der Waals surface area contributed by atoms with E-state index in [1.54, 1.807) is 4.80 Å². The lowest BCUT2D eigenvalue weighted by Gasteiger charge is -2.09. The van der Waals surface area contributed by atoms with Crippen molar-refractivity contribution >= 4 is 0 Å². The van der Waals surface area contributed by atoms with Crippen LogP contribution in [0.25, 0.3) is 11.4 Å². The first-order valence-electron chi connectivity index (χ1n) is 7.72. The molecule has 1 N–H and O–H groups in total. The lowest BCUT2D eigenvalue weighted by Crippen LogP contribution is -2.39. The van der Waals surface area contributed by atoms with Gasteiger partial charge in [0.05, 0.1) is 10.7 Å². The molecular formula is C18H22N5+. The van der Waals surface area contributed by atoms with E-state index in [-0.39, 0.29) is 0 Å². The highest BCUT2D eigenvalue weighted by atomic mass is 15.6. The summed E-state index contributed by atoms with van der Waals surface area (Å²) in [4.78, 5) is 3.93. The first-order valence-corrected chi connectivity index (χ1v) is 7.72. The average molecular weight is 308 g/mol. The molecule has 118 valence electrons. The summed E-state index contributed by atoms with van der Waals surface area (Å²) in [6, 6.07) is 16.8. The number of aromatic nitrogens is 4. The molecule has 2 aromatic carbocycles. The predicted molar refractivity (Wildman–Crippen MR) is 89.7 cm³/mol. The van der Waals surface area contributed by atoms with E-state index in [1.165, 1.54) is 16.7 Å². The van der Waals surface area contributed by atoms with Crippen LogP contribution in [0.4, 0.5) is 0 Å². The van der Waals surface area contributed by atoms with Gasteiger partial charge in [-0.1, -0.05) is 46.8 Å². The summed E-state index contributed by atoms with van der Waals surface area (Å²) in [6.07, 6.45) is 0. The Hall–Kier alpha value is -2.53. The molecule has 3 aromatic rings. The lowest BCUT2D eigenvalue weighted by molar-refractivity contribution is -0.797. The topological polar surface area (TPSA) is 48.7 Å². The van der Waals surface area contributed by atoms with Crippen molar-refractivity contribution in [3.63, 3.8) is 0 Å². The molecule has 0 aliphatic carbocycles. The second-order valence-corrected chi connectivity index (χ2v) is 6.12. The van der Waals surface area contributed by atoms with Gasteiger partial charge in [0.25, 0.3) is 0 Å². The van der Waals surface area contributed by atoms with Gasteiger partial charge in [0, 0.05) is 6.54 Å². The van der Waals surface area contributed by atoms with E-state index in [0.29, 0.717) is 6.54 Å². The Labute approximate surface area is 136 Å². The SMILES string of the molecule is Cc1ccc(-c2n[nH][n+](Cc3cccc(CN(C)C)c3)n2)cc1. The van der Waals surface area contributed by atoms with E-state index >= 15 is 0 Å². The highest BCUT2D eigenvalue weighted by Crippen LogP contribution is 2.13. The number of hydrogen-bond acceptors (Lipinski definition) is 3. The van der Waals surface area contributed by atoms with E-state index in [9.17, 15) is 0 Å². The Morgan fingerprint density at radius 2 is 1.78 bits per heavy atom. The quantitative estimate of drug-likeness (QED) is 0.735. The summed E-state index contributed by atoms with van der Waals surface area (Å²) >= 11 is 0. The Bertz CT molecular complexity index is 774. The van der Waals surface area contributed by atoms with Gasteiger partial charge < -0.3 is 4.90 Å². The zero-order chi connectivity index (χ0) is 16.2. The van der Waals surface area contributed by atoms with Crippen molar-refractivity contribution in [1.29, 1.82) is 0 Å². The smallest absolute Gasteiger partial charge is 0.305 e. The number of tetrazole rings is 1. The maximum absolute atomic E-state index is 4.54. The fourth-order valence-corrected chi connectivity index (χ4v) is 2.52. The molecule has 0 unspecified atom stereocenters. The summed E-state index contributed by atoms with van der Waals surface area (Å²) in [5.41, 5.74) is 4.76. The van der Waals surface area contributed by atoms with Gasteiger partial charge in [0.15, 0.2) is 6.54 Å². The summed E-state index contributed by atoms with van der Waals surface area (Å²) < 4.78 is 0.